The highest BCUT2D eigenvalue weighted by molar-refractivity contribution is 7.99. The lowest BCUT2D eigenvalue weighted by Crippen LogP contribution is -2.01. The number of hydrogen-bond acceptors (Lipinski definition) is 4. The second kappa shape index (κ2) is 6.86. The number of halogens is 1. The van der Waals surface area contributed by atoms with Gasteiger partial charge in [-0.2, -0.15) is 5.26 Å². The topological polar surface area (TPSA) is 54.5 Å². The molecule has 0 bridgehead atoms. The van der Waals surface area contributed by atoms with Gasteiger partial charge in [0.2, 0.25) is 0 Å². The van der Waals surface area contributed by atoms with E-state index in [9.17, 15) is 0 Å². The number of thioether (sulfide) groups is 1. The van der Waals surface area contributed by atoms with E-state index in [1.165, 1.54) is 11.8 Å². The molecule has 0 spiro atoms. The van der Waals surface area contributed by atoms with Crippen molar-refractivity contribution in [2.75, 3.05) is 5.75 Å². The third-order valence-electron chi connectivity index (χ3n) is 3.36. The average molecular weight is 341 g/mol. The summed E-state index contributed by atoms with van der Waals surface area (Å²) in [4.78, 5) is 0. The number of aromatic nitrogens is 3. The first-order valence-electron chi connectivity index (χ1n) is 6.98. The minimum absolute atomic E-state index is 0.324. The highest BCUT2D eigenvalue weighted by Crippen LogP contribution is 2.29. The lowest BCUT2D eigenvalue weighted by atomic mass is 10.1. The van der Waals surface area contributed by atoms with Crippen LogP contribution in [-0.4, -0.2) is 20.5 Å². The van der Waals surface area contributed by atoms with Gasteiger partial charge < -0.3 is 0 Å². The monoisotopic (exact) mass is 340 g/mol. The van der Waals surface area contributed by atoms with Crippen molar-refractivity contribution in [2.45, 2.75) is 12.1 Å². The molecular weight excluding hydrogens is 328 g/mol. The van der Waals surface area contributed by atoms with Crippen molar-refractivity contribution in [2.24, 2.45) is 0 Å². The summed E-state index contributed by atoms with van der Waals surface area (Å²) >= 11 is 7.34. The van der Waals surface area contributed by atoms with Crippen LogP contribution in [0.5, 0.6) is 0 Å². The summed E-state index contributed by atoms with van der Waals surface area (Å²) in [5.74, 6) is 1.06. The van der Waals surface area contributed by atoms with E-state index >= 15 is 0 Å². The molecule has 3 rings (SSSR count). The molecule has 0 saturated carbocycles. The van der Waals surface area contributed by atoms with E-state index in [1.54, 1.807) is 0 Å². The van der Waals surface area contributed by atoms with Crippen LogP contribution in [0.3, 0.4) is 0 Å². The summed E-state index contributed by atoms with van der Waals surface area (Å²) in [6, 6.07) is 17.7. The zero-order chi connectivity index (χ0) is 16.2. The van der Waals surface area contributed by atoms with E-state index < -0.39 is 0 Å². The lowest BCUT2D eigenvalue weighted by molar-refractivity contribution is 0.882. The van der Waals surface area contributed by atoms with Gasteiger partial charge in [-0.25, -0.2) is 0 Å². The average Bonchev–Trinajstić information content (AvgIpc) is 2.98. The number of benzene rings is 2. The molecule has 1 aromatic heterocycles. The van der Waals surface area contributed by atoms with Gasteiger partial charge in [-0.1, -0.05) is 41.6 Å². The zero-order valence-electron chi connectivity index (χ0n) is 12.4. The van der Waals surface area contributed by atoms with Gasteiger partial charge in [-0.3, -0.25) is 4.57 Å². The number of aryl methyl sites for hydroxylation is 1. The molecule has 6 heteroatoms. The Balaban J connectivity index is 2.17. The quantitative estimate of drug-likeness (QED) is 0.655. The van der Waals surface area contributed by atoms with Gasteiger partial charge >= 0.3 is 0 Å². The molecule has 0 saturated heterocycles. The highest BCUT2D eigenvalue weighted by Gasteiger charge is 2.17. The van der Waals surface area contributed by atoms with Crippen molar-refractivity contribution in [3.05, 3.63) is 59.1 Å². The number of rotatable bonds is 4. The van der Waals surface area contributed by atoms with Gasteiger partial charge in [-0.15, -0.1) is 10.2 Å². The third-order valence-corrected chi connectivity index (χ3v) is 4.41. The molecule has 0 aliphatic rings. The number of nitrogens with zero attached hydrogens (tertiary/aromatic N) is 4. The van der Waals surface area contributed by atoms with E-state index in [0.717, 1.165) is 22.6 Å². The lowest BCUT2D eigenvalue weighted by Gasteiger charge is -2.12. The molecular formula is C17H13ClN4S. The first-order chi connectivity index (χ1) is 11.2. The first-order valence-corrected chi connectivity index (χ1v) is 8.34. The van der Waals surface area contributed by atoms with E-state index in [1.807, 2.05) is 60.0 Å². The summed E-state index contributed by atoms with van der Waals surface area (Å²) in [6.45, 7) is 2.04. The summed E-state index contributed by atoms with van der Waals surface area (Å²) < 4.78 is 1.99. The minimum atomic E-state index is 0.324. The summed E-state index contributed by atoms with van der Waals surface area (Å²) in [7, 11) is 0. The van der Waals surface area contributed by atoms with Crippen LogP contribution < -0.4 is 0 Å². The van der Waals surface area contributed by atoms with Crippen molar-refractivity contribution in [1.29, 1.82) is 5.26 Å². The molecule has 0 unspecified atom stereocenters. The van der Waals surface area contributed by atoms with Crippen molar-refractivity contribution < 1.29 is 0 Å². The molecule has 23 heavy (non-hydrogen) atoms. The van der Waals surface area contributed by atoms with Gasteiger partial charge in [0.1, 0.15) is 0 Å². The van der Waals surface area contributed by atoms with Crippen LogP contribution in [0.1, 0.15) is 5.56 Å². The van der Waals surface area contributed by atoms with E-state index in [2.05, 4.69) is 16.3 Å². The predicted octanol–water partition coefficient (Wildman–Crippen LogP) is 4.51. The number of para-hydroxylation sites is 1. The van der Waals surface area contributed by atoms with Crippen molar-refractivity contribution in [1.82, 2.24) is 14.8 Å². The normalized spacial score (nSPS) is 10.5. The Labute approximate surface area is 143 Å². The maximum absolute atomic E-state index is 8.86. The van der Waals surface area contributed by atoms with Gasteiger partial charge in [0, 0.05) is 10.6 Å². The fraction of sp³-hybridized carbons (Fsp3) is 0.118. The molecule has 1 heterocycles. The van der Waals surface area contributed by atoms with E-state index in [-0.39, 0.29) is 0 Å². The van der Waals surface area contributed by atoms with Gasteiger partial charge in [0.25, 0.3) is 0 Å². The highest BCUT2D eigenvalue weighted by atomic mass is 35.5. The zero-order valence-corrected chi connectivity index (χ0v) is 14.0. The van der Waals surface area contributed by atoms with Gasteiger partial charge in [-0.05, 0) is 42.8 Å². The van der Waals surface area contributed by atoms with Crippen LogP contribution in [0.15, 0.2) is 53.7 Å². The van der Waals surface area contributed by atoms with Crippen LogP contribution >= 0.6 is 23.4 Å². The first kappa shape index (κ1) is 15.6. The van der Waals surface area contributed by atoms with Crippen molar-refractivity contribution in [3.63, 3.8) is 0 Å². The number of hydrogen-bond donors (Lipinski definition) is 0. The second-order valence-electron chi connectivity index (χ2n) is 4.88. The Bertz CT molecular complexity index is 865. The molecule has 0 radical (unpaired) electrons. The minimum Gasteiger partial charge on any atom is -0.270 e. The summed E-state index contributed by atoms with van der Waals surface area (Å²) in [5, 5.41) is 18.8. The number of nitriles is 1. The maximum Gasteiger partial charge on any atom is 0.197 e. The van der Waals surface area contributed by atoms with Crippen LogP contribution in [0.4, 0.5) is 0 Å². The molecule has 0 fully saturated rings. The Hall–Kier alpha value is -2.29. The molecule has 0 amide bonds. The molecule has 4 nitrogen and oxygen atoms in total. The van der Waals surface area contributed by atoms with Crippen LogP contribution in [0.25, 0.3) is 17.1 Å². The molecule has 114 valence electrons. The Kier molecular flexibility index (Phi) is 4.65. The molecule has 0 aliphatic carbocycles. The Morgan fingerprint density at radius 3 is 2.57 bits per heavy atom. The van der Waals surface area contributed by atoms with Gasteiger partial charge in [0.15, 0.2) is 11.0 Å². The SMILES string of the molecule is Cc1ccccc1-n1c(SCC#N)nnc1-c1ccc(Cl)cc1. The second-order valence-corrected chi connectivity index (χ2v) is 6.26. The van der Waals surface area contributed by atoms with Gasteiger partial charge in [0.05, 0.1) is 17.5 Å². The largest absolute Gasteiger partial charge is 0.270 e. The fourth-order valence-corrected chi connectivity index (χ4v) is 3.01. The fourth-order valence-electron chi connectivity index (χ4n) is 2.28. The molecule has 0 N–H and O–H groups in total. The van der Waals surface area contributed by atoms with E-state index in [0.29, 0.717) is 15.9 Å². The molecule has 3 aromatic rings. The molecule has 0 atom stereocenters. The van der Waals surface area contributed by atoms with Crippen LogP contribution in [-0.2, 0) is 0 Å². The van der Waals surface area contributed by atoms with Crippen molar-refractivity contribution in [3.8, 4) is 23.1 Å². The smallest absolute Gasteiger partial charge is 0.197 e. The maximum atomic E-state index is 8.86. The van der Waals surface area contributed by atoms with Crippen LogP contribution in [0.2, 0.25) is 5.02 Å². The summed E-state index contributed by atoms with van der Waals surface area (Å²) in [6.07, 6.45) is 0. The molecule has 0 aliphatic heterocycles. The standard InChI is InChI=1S/C17H13ClN4S/c1-12-4-2-3-5-15(12)22-16(13-6-8-14(18)9-7-13)20-21-17(22)23-11-10-19/h2-9H,11H2,1H3. The Morgan fingerprint density at radius 1 is 1.13 bits per heavy atom. The van der Waals surface area contributed by atoms with Crippen LogP contribution in [0, 0.1) is 18.3 Å². The predicted molar refractivity (Wildman–Crippen MR) is 92.9 cm³/mol. The molecule has 2 aromatic carbocycles. The van der Waals surface area contributed by atoms with Crippen molar-refractivity contribution >= 4 is 23.4 Å². The summed E-state index contributed by atoms with van der Waals surface area (Å²) in [5.41, 5.74) is 3.04. The van der Waals surface area contributed by atoms with E-state index in [4.69, 9.17) is 16.9 Å². The third kappa shape index (κ3) is 3.24. The Morgan fingerprint density at radius 2 is 1.87 bits per heavy atom.